The molecule has 0 saturated heterocycles. The van der Waals surface area contributed by atoms with E-state index < -0.39 is 11.6 Å². The molecule has 1 fully saturated rings. The fourth-order valence-corrected chi connectivity index (χ4v) is 2.54. The van der Waals surface area contributed by atoms with Gasteiger partial charge in [-0.2, -0.15) is 0 Å². The van der Waals surface area contributed by atoms with Crippen LogP contribution in [0.2, 0.25) is 0 Å². The minimum atomic E-state index is -0.555. The van der Waals surface area contributed by atoms with Crippen molar-refractivity contribution in [3.63, 3.8) is 0 Å². The molecule has 1 aliphatic rings. The smallest absolute Gasteiger partial charge is 0.126 e. The molecule has 4 heteroatoms. The number of nitrogens with zero attached hydrogens (tertiary/aromatic N) is 1. The molecule has 0 bridgehead atoms. The molecule has 0 radical (unpaired) electrons. The normalized spacial score (nSPS) is 16.6. The predicted octanol–water partition coefficient (Wildman–Crippen LogP) is 3.62. The molecule has 2 N–H and O–H groups in total. The van der Waals surface area contributed by atoms with E-state index in [4.69, 9.17) is 5.73 Å². The average Bonchev–Trinajstić information content (AvgIpc) is 3.22. The Morgan fingerprint density at radius 3 is 2.40 bits per heavy atom. The van der Waals surface area contributed by atoms with Crippen LogP contribution >= 0.6 is 0 Å². The Bertz CT molecular complexity index is 412. The van der Waals surface area contributed by atoms with E-state index in [9.17, 15) is 8.78 Å². The number of hydrogen-bond donors (Lipinski definition) is 1. The summed E-state index contributed by atoms with van der Waals surface area (Å²) in [6.07, 6.45) is 5.66. The van der Waals surface area contributed by atoms with Crippen molar-refractivity contribution in [3.8, 4) is 0 Å². The third kappa shape index (κ3) is 4.53. The molecule has 0 aromatic heterocycles. The number of halogens is 2. The lowest BCUT2D eigenvalue weighted by Gasteiger charge is -2.23. The second-order valence-electron chi connectivity index (χ2n) is 5.72. The van der Waals surface area contributed by atoms with E-state index in [1.54, 1.807) is 0 Å². The summed E-state index contributed by atoms with van der Waals surface area (Å²) >= 11 is 0. The second-order valence-corrected chi connectivity index (χ2v) is 5.72. The first-order chi connectivity index (χ1) is 9.60. The highest BCUT2D eigenvalue weighted by Gasteiger charge is 2.28. The van der Waals surface area contributed by atoms with Gasteiger partial charge in [0.25, 0.3) is 0 Å². The van der Waals surface area contributed by atoms with Crippen LogP contribution in [-0.4, -0.2) is 24.0 Å². The van der Waals surface area contributed by atoms with E-state index in [-0.39, 0.29) is 6.04 Å². The lowest BCUT2D eigenvalue weighted by molar-refractivity contribution is 0.249. The third-order valence-corrected chi connectivity index (χ3v) is 3.90. The summed E-state index contributed by atoms with van der Waals surface area (Å²) in [5.74, 6) is -1.11. The van der Waals surface area contributed by atoms with Gasteiger partial charge in [0, 0.05) is 24.7 Å². The Morgan fingerprint density at radius 1 is 1.20 bits per heavy atom. The number of hydrogen-bond acceptors (Lipinski definition) is 2. The zero-order valence-electron chi connectivity index (χ0n) is 12.1. The van der Waals surface area contributed by atoms with Crippen molar-refractivity contribution in [1.82, 2.24) is 4.90 Å². The molecule has 1 atom stereocenters. The first-order valence-electron chi connectivity index (χ1n) is 7.55. The van der Waals surface area contributed by atoms with Crippen LogP contribution in [0.3, 0.4) is 0 Å². The van der Waals surface area contributed by atoms with E-state index in [0.717, 1.165) is 25.6 Å². The maximum Gasteiger partial charge on any atom is 0.126 e. The van der Waals surface area contributed by atoms with Crippen LogP contribution < -0.4 is 5.73 Å². The van der Waals surface area contributed by atoms with E-state index in [0.29, 0.717) is 11.6 Å². The van der Waals surface area contributed by atoms with Gasteiger partial charge >= 0.3 is 0 Å². The zero-order valence-corrected chi connectivity index (χ0v) is 12.1. The highest BCUT2D eigenvalue weighted by molar-refractivity contribution is 5.21. The topological polar surface area (TPSA) is 29.3 Å². The van der Waals surface area contributed by atoms with Crippen LogP contribution in [-0.2, 0) is 0 Å². The third-order valence-electron chi connectivity index (χ3n) is 3.90. The Labute approximate surface area is 120 Å². The van der Waals surface area contributed by atoms with Crippen molar-refractivity contribution < 1.29 is 8.78 Å². The van der Waals surface area contributed by atoms with Crippen LogP contribution in [0.25, 0.3) is 0 Å². The minimum Gasteiger partial charge on any atom is -0.324 e. The molecule has 1 aliphatic carbocycles. The Morgan fingerprint density at radius 2 is 1.85 bits per heavy atom. The Hall–Kier alpha value is -1.00. The van der Waals surface area contributed by atoms with Gasteiger partial charge in [0.2, 0.25) is 0 Å². The summed E-state index contributed by atoms with van der Waals surface area (Å²) in [7, 11) is 0. The summed E-state index contributed by atoms with van der Waals surface area (Å²) in [5, 5.41) is 0. The van der Waals surface area contributed by atoms with Gasteiger partial charge in [0.15, 0.2) is 0 Å². The van der Waals surface area contributed by atoms with Crippen molar-refractivity contribution in [2.24, 2.45) is 5.73 Å². The monoisotopic (exact) mass is 282 g/mol. The van der Waals surface area contributed by atoms with Gasteiger partial charge in [-0.15, -0.1) is 0 Å². The molecule has 2 rings (SSSR count). The molecular formula is C16H24F2N2. The summed E-state index contributed by atoms with van der Waals surface area (Å²) in [5.41, 5.74) is 6.62. The number of benzene rings is 1. The van der Waals surface area contributed by atoms with E-state index in [2.05, 4.69) is 11.8 Å². The summed E-state index contributed by atoms with van der Waals surface area (Å²) in [6.45, 7) is 4.20. The molecule has 1 saturated carbocycles. The molecule has 0 aliphatic heterocycles. The summed E-state index contributed by atoms with van der Waals surface area (Å²) < 4.78 is 26.4. The molecule has 1 unspecified atom stereocenters. The summed E-state index contributed by atoms with van der Waals surface area (Å²) in [4.78, 5) is 2.47. The standard InChI is InChI=1S/C16H24F2N2/c1-2-3-7-20(15-4-5-15)8-6-16(19)12-9-13(17)11-14(18)10-12/h9-11,15-16H,2-8,19H2,1H3. The predicted molar refractivity (Wildman–Crippen MR) is 77.4 cm³/mol. The SMILES string of the molecule is CCCCN(CCC(N)c1cc(F)cc(F)c1)C1CC1. The van der Waals surface area contributed by atoms with E-state index in [1.807, 2.05) is 0 Å². The van der Waals surface area contributed by atoms with Crippen LogP contribution in [0.15, 0.2) is 18.2 Å². The molecular weight excluding hydrogens is 258 g/mol. The number of rotatable bonds is 8. The van der Waals surface area contributed by atoms with Gasteiger partial charge in [-0.05, 0) is 49.9 Å². The van der Waals surface area contributed by atoms with Crippen molar-refractivity contribution in [1.29, 1.82) is 0 Å². The van der Waals surface area contributed by atoms with Crippen molar-refractivity contribution in [2.75, 3.05) is 13.1 Å². The molecule has 1 aromatic carbocycles. The van der Waals surface area contributed by atoms with Gasteiger partial charge < -0.3 is 10.6 Å². The van der Waals surface area contributed by atoms with E-state index in [1.165, 1.54) is 37.8 Å². The molecule has 0 amide bonds. The highest BCUT2D eigenvalue weighted by atomic mass is 19.1. The molecule has 0 heterocycles. The van der Waals surface area contributed by atoms with Crippen molar-refractivity contribution >= 4 is 0 Å². The fraction of sp³-hybridized carbons (Fsp3) is 0.625. The van der Waals surface area contributed by atoms with Crippen LogP contribution in [0.1, 0.15) is 50.6 Å². The fourth-order valence-electron chi connectivity index (χ4n) is 2.54. The van der Waals surface area contributed by atoms with Gasteiger partial charge in [0.05, 0.1) is 0 Å². The summed E-state index contributed by atoms with van der Waals surface area (Å²) in [6, 6.07) is 3.96. The van der Waals surface area contributed by atoms with Gasteiger partial charge in [-0.3, -0.25) is 0 Å². The van der Waals surface area contributed by atoms with Crippen molar-refractivity contribution in [2.45, 2.75) is 51.1 Å². The van der Waals surface area contributed by atoms with Gasteiger partial charge in [0.1, 0.15) is 11.6 Å². The molecule has 112 valence electrons. The zero-order chi connectivity index (χ0) is 14.5. The number of unbranched alkanes of at least 4 members (excludes halogenated alkanes) is 1. The molecule has 1 aromatic rings. The quantitative estimate of drug-likeness (QED) is 0.789. The van der Waals surface area contributed by atoms with Crippen LogP contribution in [0.5, 0.6) is 0 Å². The lowest BCUT2D eigenvalue weighted by atomic mass is 10.0. The molecule has 20 heavy (non-hydrogen) atoms. The maximum atomic E-state index is 13.2. The Kier molecular flexibility index (Phi) is 5.49. The van der Waals surface area contributed by atoms with Crippen LogP contribution in [0, 0.1) is 11.6 Å². The minimum absolute atomic E-state index is 0.303. The highest BCUT2D eigenvalue weighted by Crippen LogP contribution is 2.28. The van der Waals surface area contributed by atoms with Crippen molar-refractivity contribution in [3.05, 3.63) is 35.4 Å². The first-order valence-corrected chi connectivity index (χ1v) is 7.55. The van der Waals surface area contributed by atoms with Gasteiger partial charge in [-0.1, -0.05) is 13.3 Å². The maximum absolute atomic E-state index is 13.2. The van der Waals surface area contributed by atoms with Crippen LogP contribution in [0.4, 0.5) is 8.78 Å². The molecule has 2 nitrogen and oxygen atoms in total. The van der Waals surface area contributed by atoms with E-state index >= 15 is 0 Å². The molecule has 0 spiro atoms. The Balaban J connectivity index is 1.87. The lowest BCUT2D eigenvalue weighted by Crippen LogP contribution is -2.30. The average molecular weight is 282 g/mol. The second kappa shape index (κ2) is 7.14. The largest absolute Gasteiger partial charge is 0.324 e. The number of nitrogens with two attached hydrogens (primary N) is 1. The first kappa shape index (κ1) is 15.4. The van der Waals surface area contributed by atoms with Gasteiger partial charge in [-0.25, -0.2) is 8.78 Å².